The number of ether oxygens (including phenoxy) is 1. The third-order valence-corrected chi connectivity index (χ3v) is 5.32. The molecule has 1 aliphatic carbocycles. The van der Waals surface area contributed by atoms with Gasteiger partial charge in [-0.15, -0.1) is 0 Å². The standard InChI is InChI=1S/C15H28N2O/c1-13-9-15(10-13)12-18-8-7-17(15)11-14-3-5-16(2)6-4-14/h13-14H,3-12H2,1-2H3/t13-,15-. The summed E-state index contributed by atoms with van der Waals surface area (Å²) >= 11 is 0. The first kappa shape index (κ1) is 12.9. The molecule has 0 amide bonds. The van der Waals surface area contributed by atoms with Gasteiger partial charge >= 0.3 is 0 Å². The van der Waals surface area contributed by atoms with Crippen LogP contribution in [0.2, 0.25) is 0 Å². The van der Waals surface area contributed by atoms with E-state index in [2.05, 4.69) is 23.8 Å². The van der Waals surface area contributed by atoms with Gasteiger partial charge in [0, 0.05) is 18.6 Å². The zero-order valence-electron chi connectivity index (χ0n) is 12.0. The molecule has 0 aromatic heterocycles. The second-order valence-corrected chi connectivity index (χ2v) is 6.98. The van der Waals surface area contributed by atoms with Gasteiger partial charge < -0.3 is 9.64 Å². The fourth-order valence-corrected chi connectivity index (χ4v) is 4.22. The maximum absolute atomic E-state index is 5.76. The van der Waals surface area contributed by atoms with Gasteiger partial charge in [-0.1, -0.05) is 6.92 Å². The Hall–Kier alpha value is -0.120. The fraction of sp³-hybridized carbons (Fsp3) is 1.00. The zero-order chi connectivity index (χ0) is 12.6. The lowest BCUT2D eigenvalue weighted by atomic mass is 9.67. The van der Waals surface area contributed by atoms with Crippen LogP contribution in [-0.2, 0) is 4.74 Å². The van der Waals surface area contributed by atoms with Gasteiger partial charge in [0.15, 0.2) is 0 Å². The Balaban J connectivity index is 1.57. The monoisotopic (exact) mass is 252 g/mol. The van der Waals surface area contributed by atoms with Crippen molar-refractivity contribution in [2.45, 2.75) is 38.1 Å². The van der Waals surface area contributed by atoms with Crippen LogP contribution in [0.5, 0.6) is 0 Å². The maximum Gasteiger partial charge on any atom is 0.0651 e. The van der Waals surface area contributed by atoms with Gasteiger partial charge in [-0.2, -0.15) is 0 Å². The predicted octanol–water partition coefficient (Wildman–Crippen LogP) is 1.83. The summed E-state index contributed by atoms with van der Waals surface area (Å²) in [5.41, 5.74) is 0.432. The van der Waals surface area contributed by atoms with Crippen molar-refractivity contribution in [3.8, 4) is 0 Å². The summed E-state index contributed by atoms with van der Waals surface area (Å²) < 4.78 is 5.76. The smallest absolute Gasteiger partial charge is 0.0651 e. The van der Waals surface area contributed by atoms with Gasteiger partial charge in [0.2, 0.25) is 0 Å². The summed E-state index contributed by atoms with van der Waals surface area (Å²) in [5, 5.41) is 0. The van der Waals surface area contributed by atoms with Crippen molar-refractivity contribution in [3.63, 3.8) is 0 Å². The highest BCUT2D eigenvalue weighted by atomic mass is 16.5. The molecular formula is C15H28N2O. The summed E-state index contributed by atoms with van der Waals surface area (Å²) in [7, 11) is 2.25. The number of morpholine rings is 1. The van der Waals surface area contributed by atoms with Crippen LogP contribution in [0.3, 0.4) is 0 Å². The lowest BCUT2D eigenvalue weighted by Gasteiger charge is -2.56. The first-order valence-electron chi connectivity index (χ1n) is 7.69. The van der Waals surface area contributed by atoms with Crippen LogP contribution in [0, 0.1) is 11.8 Å². The van der Waals surface area contributed by atoms with Gasteiger partial charge in [0.25, 0.3) is 0 Å². The lowest BCUT2D eigenvalue weighted by Crippen LogP contribution is -2.64. The van der Waals surface area contributed by atoms with Gasteiger partial charge in [-0.05, 0) is 57.7 Å². The average molecular weight is 252 g/mol. The molecule has 2 saturated heterocycles. The van der Waals surface area contributed by atoms with E-state index in [9.17, 15) is 0 Å². The SMILES string of the molecule is CN1CCC(CN2CCOC[C@]23C[C@@H](C)C3)CC1. The van der Waals surface area contributed by atoms with E-state index < -0.39 is 0 Å². The minimum absolute atomic E-state index is 0.432. The molecule has 0 atom stereocenters. The first-order valence-corrected chi connectivity index (χ1v) is 7.69. The Morgan fingerprint density at radius 3 is 2.56 bits per heavy atom. The van der Waals surface area contributed by atoms with Crippen molar-refractivity contribution in [2.24, 2.45) is 11.8 Å². The third-order valence-electron chi connectivity index (χ3n) is 5.32. The second kappa shape index (κ2) is 5.10. The quantitative estimate of drug-likeness (QED) is 0.746. The molecule has 18 heavy (non-hydrogen) atoms. The molecule has 1 saturated carbocycles. The van der Waals surface area contributed by atoms with E-state index in [-0.39, 0.29) is 0 Å². The van der Waals surface area contributed by atoms with Crippen LogP contribution in [0.25, 0.3) is 0 Å². The van der Waals surface area contributed by atoms with E-state index in [1.54, 1.807) is 0 Å². The number of likely N-dealkylation sites (tertiary alicyclic amines) is 1. The Morgan fingerprint density at radius 2 is 1.89 bits per heavy atom. The average Bonchev–Trinajstić information content (AvgIpc) is 2.33. The Kier molecular flexibility index (Phi) is 3.65. The van der Waals surface area contributed by atoms with Crippen LogP contribution in [0.1, 0.15) is 32.6 Å². The Morgan fingerprint density at radius 1 is 1.17 bits per heavy atom. The van der Waals surface area contributed by atoms with E-state index in [0.29, 0.717) is 5.54 Å². The number of piperidine rings is 1. The molecule has 3 nitrogen and oxygen atoms in total. The summed E-state index contributed by atoms with van der Waals surface area (Å²) in [6.07, 6.45) is 5.50. The maximum atomic E-state index is 5.76. The van der Waals surface area contributed by atoms with Crippen LogP contribution in [0.4, 0.5) is 0 Å². The first-order chi connectivity index (χ1) is 8.68. The molecule has 3 rings (SSSR count). The van der Waals surface area contributed by atoms with Gasteiger partial charge in [-0.25, -0.2) is 0 Å². The molecule has 0 aromatic carbocycles. The second-order valence-electron chi connectivity index (χ2n) is 6.98. The minimum atomic E-state index is 0.432. The van der Waals surface area contributed by atoms with Crippen molar-refractivity contribution in [3.05, 3.63) is 0 Å². The summed E-state index contributed by atoms with van der Waals surface area (Å²) in [6.45, 7) is 9.39. The molecule has 3 fully saturated rings. The molecule has 0 bridgehead atoms. The highest BCUT2D eigenvalue weighted by molar-refractivity contribution is 5.03. The number of nitrogens with zero attached hydrogens (tertiary/aromatic N) is 2. The highest BCUT2D eigenvalue weighted by Crippen LogP contribution is 2.44. The van der Waals surface area contributed by atoms with E-state index in [4.69, 9.17) is 4.74 Å². The Bertz CT molecular complexity index is 275. The minimum Gasteiger partial charge on any atom is -0.378 e. The van der Waals surface area contributed by atoms with E-state index in [0.717, 1.165) is 25.0 Å². The van der Waals surface area contributed by atoms with Crippen molar-refractivity contribution in [2.75, 3.05) is 46.4 Å². The van der Waals surface area contributed by atoms with Gasteiger partial charge in [0.1, 0.15) is 0 Å². The normalized spacial score (nSPS) is 40.0. The number of hydrogen-bond donors (Lipinski definition) is 0. The molecule has 1 spiro atoms. The van der Waals surface area contributed by atoms with Crippen molar-refractivity contribution < 1.29 is 4.74 Å². The number of rotatable bonds is 2. The molecule has 3 heteroatoms. The molecule has 0 aromatic rings. The summed E-state index contributed by atoms with van der Waals surface area (Å²) in [4.78, 5) is 5.25. The van der Waals surface area contributed by atoms with Gasteiger partial charge in [0.05, 0.1) is 13.2 Å². The van der Waals surface area contributed by atoms with Crippen molar-refractivity contribution in [1.82, 2.24) is 9.80 Å². The van der Waals surface area contributed by atoms with Crippen LogP contribution >= 0.6 is 0 Å². The van der Waals surface area contributed by atoms with Crippen molar-refractivity contribution >= 4 is 0 Å². The highest BCUT2D eigenvalue weighted by Gasteiger charge is 2.48. The molecule has 0 N–H and O–H groups in total. The van der Waals surface area contributed by atoms with E-state index >= 15 is 0 Å². The predicted molar refractivity (Wildman–Crippen MR) is 73.7 cm³/mol. The summed E-state index contributed by atoms with van der Waals surface area (Å²) in [5.74, 6) is 1.83. The van der Waals surface area contributed by atoms with Crippen molar-refractivity contribution in [1.29, 1.82) is 0 Å². The molecule has 2 heterocycles. The van der Waals surface area contributed by atoms with Crippen LogP contribution < -0.4 is 0 Å². The van der Waals surface area contributed by atoms with Gasteiger partial charge in [-0.3, -0.25) is 4.90 Å². The number of hydrogen-bond acceptors (Lipinski definition) is 3. The topological polar surface area (TPSA) is 15.7 Å². The molecule has 104 valence electrons. The largest absolute Gasteiger partial charge is 0.378 e. The summed E-state index contributed by atoms with van der Waals surface area (Å²) in [6, 6.07) is 0. The molecule has 3 aliphatic rings. The lowest BCUT2D eigenvalue weighted by molar-refractivity contribution is -0.131. The van der Waals surface area contributed by atoms with Crippen LogP contribution in [0.15, 0.2) is 0 Å². The van der Waals surface area contributed by atoms with Crippen LogP contribution in [-0.4, -0.2) is 61.8 Å². The Labute approximate surface area is 111 Å². The molecular weight excluding hydrogens is 224 g/mol. The molecule has 0 unspecified atom stereocenters. The molecule has 0 radical (unpaired) electrons. The van der Waals surface area contributed by atoms with E-state index in [1.807, 2.05) is 0 Å². The fourth-order valence-electron chi connectivity index (χ4n) is 4.22. The third kappa shape index (κ3) is 2.45. The molecule has 2 aliphatic heterocycles. The zero-order valence-corrected chi connectivity index (χ0v) is 12.0. The van der Waals surface area contributed by atoms with E-state index in [1.165, 1.54) is 51.9 Å².